The predicted octanol–water partition coefficient (Wildman–Crippen LogP) is 6.18. The number of amides is 1. The van der Waals surface area contributed by atoms with Gasteiger partial charge < -0.3 is 20.3 Å². The molecule has 1 fully saturated rings. The number of aromatic nitrogens is 2. The molecule has 1 aromatic heterocycles. The highest BCUT2D eigenvalue weighted by molar-refractivity contribution is 6.06. The van der Waals surface area contributed by atoms with Crippen LogP contribution in [0.4, 0.5) is 36.2 Å². The first kappa shape index (κ1) is 30.6. The summed E-state index contributed by atoms with van der Waals surface area (Å²) in [5, 5.41) is 5.96. The molecule has 0 aliphatic carbocycles. The molecule has 0 saturated carbocycles. The minimum atomic E-state index is -4.61. The molecule has 1 amide bonds. The van der Waals surface area contributed by atoms with Crippen LogP contribution in [0.3, 0.4) is 0 Å². The van der Waals surface area contributed by atoms with Crippen molar-refractivity contribution in [2.75, 3.05) is 48.3 Å². The van der Waals surface area contributed by atoms with Gasteiger partial charge in [-0.1, -0.05) is 12.1 Å². The van der Waals surface area contributed by atoms with Gasteiger partial charge in [-0.25, -0.2) is 9.97 Å². The average Bonchev–Trinajstić information content (AvgIpc) is 3.20. The third-order valence-electron chi connectivity index (χ3n) is 8.32. The van der Waals surface area contributed by atoms with Crippen LogP contribution in [0.15, 0.2) is 42.6 Å². The molecule has 2 aliphatic rings. The number of ether oxygens (including phenoxy) is 1. The van der Waals surface area contributed by atoms with Crippen molar-refractivity contribution in [1.29, 1.82) is 0 Å². The van der Waals surface area contributed by atoms with Gasteiger partial charge in [0, 0.05) is 55.9 Å². The highest BCUT2D eigenvalue weighted by atomic mass is 19.4. The monoisotopic (exact) mass is 596 g/mol. The van der Waals surface area contributed by atoms with Crippen molar-refractivity contribution in [3.05, 3.63) is 65.0 Å². The van der Waals surface area contributed by atoms with Crippen LogP contribution in [-0.2, 0) is 29.2 Å². The number of hydrogen-bond donors (Lipinski definition) is 2. The number of benzene rings is 2. The van der Waals surface area contributed by atoms with Gasteiger partial charge in [0.25, 0.3) is 0 Å². The molecule has 0 radical (unpaired) electrons. The second-order valence-corrected chi connectivity index (χ2v) is 11.8. The number of hydrogen-bond acceptors (Lipinski definition) is 7. The normalized spacial score (nSPS) is 16.8. The van der Waals surface area contributed by atoms with Crippen LogP contribution in [-0.4, -0.2) is 59.6 Å². The van der Waals surface area contributed by atoms with E-state index in [1.54, 1.807) is 6.07 Å². The second kappa shape index (κ2) is 12.0. The standard InChI is InChI=1S/C32H39F3N6O2/c1-6-43-27-18-22(41-16-14-40(15-17-41)20(2)3)11-13-25(27)39-30-36-19-23(32(33,34)35)24(38-30)12-10-21-8-7-9-26-28(21)31(4,5)29(42)37-26/h7-9,11,13,18-20H,6,10,12,14-17H2,1-5H3,(H,37,42)(H,36,38,39). The Morgan fingerprint density at radius 2 is 1.84 bits per heavy atom. The minimum Gasteiger partial charge on any atom is -0.492 e. The zero-order chi connectivity index (χ0) is 30.9. The zero-order valence-electron chi connectivity index (χ0n) is 25.3. The van der Waals surface area contributed by atoms with Crippen LogP contribution in [0.5, 0.6) is 5.75 Å². The van der Waals surface area contributed by atoms with Gasteiger partial charge in [0.15, 0.2) is 0 Å². The van der Waals surface area contributed by atoms with Crippen molar-refractivity contribution in [2.45, 2.75) is 65.1 Å². The van der Waals surface area contributed by atoms with Gasteiger partial charge in [-0.2, -0.15) is 13.2 Å². The lowest BCUT2D eigenvalue weighted by molar-refractivity contribution is -0.138. The van der Waals surface area contributed by atoms with E-state index < -0.39 is 17.2 Å². The molecule has 5 rings (SSSR count). The molecule has 0 bridgehead atoms. The minimum absolute atomic E-state index is 0.0202. The molecule has 2 N–H and O–H groups in total. The molecule has 8 nitrogen and oxygen atoms in total. The summed E-state index contributed by atoms with van der Waals surface area (Å²) in [7, 11) is 0. The van der Waals surface area contributed by atoms with Gasteiger partial charge in [-0.15, -0.1) is 0 Å². The van der Waals surface area contributed by atoms with Crippen molar-refractivity contribution in [1.82, 2.24) is 14.9 Å². The van der Waals surface area contributed by atoms with E-state index in [4.69, 9.17) is 4.74 Å². The third kappa shape index (κ3) is 6.41. The molecule has 3 aromatic rings. The van der Waals surface area contributed by atoms with Crippen LogP contribution in [0.2, 0.25) is 0 Å². The fourth-order valence-electron chi connectivity index (χ4n) is 5.90. The van der Waals surface area contributed by atoms with Crippen LogP contribution >= 0.6 is 0 Å². The number of rotatable bonds is 9. The number of carbonyl (C=O) groups is 1. The molecular weight excluding hydrogens is 557 g/mol. The second-order valence-electron chi connectivity index (χ2n) is 11.8. The van der Waals surface area contributed by atoms with E-state index in [9.17, 15) is 18.0 Å². The van der Waals surface area contributed by atoms with Gasteiger partial charge in [0.1, 0.15) is 5.75 Å². The van der Waals surface area contributed by atoms with Gasteiger partial charge in [-0.05, 0) is 76.8 Å². The van der Waals surface area contributed by atoms with Crippen molar-refractivity contribution in [2.24, 2.45) is 0 Å². The maximum absolute atomic E-state index is 14.0. The van der Waals surface area contributed by atoms with Crippen LogP contribution in [0, 0.1) is 0 Å². The summed E-state index contributed by atoms with van der Waals surface area (Å²) in [4.78, 5) is 25.6. The quantitative estimate of drug-likeness (QED) is 0.305. The summed E-state index contributed by atoms with van der Waals surface area (Å²) in [5.74, 6) is 0.502. The summed E-state index contributed by atoms with van der Waals surface area (Å²) in [5.41, 5.74) is 2.15. The highest BCUT2D eigenvalue weighted by Crippen LogP contribution is 2.40. The van der Waals surface area contributed by atoms with Gasteiger partial charge >= 0.3 is 6.18 Å². The maximum Gasteiger partial charge on any atom is 0.419 e. The lowest BCUT2D eigenvalue weighted by atomic mass is 9.82. The summed E-state index contributed by atoms with van der Waals surface area (Å²) >= 11 is 0. The molecule has 230 valence electrons. The Labute approximate surface area is 250 Å². The first-order chi connectivity index (χ1) is 20.4. The average molecular weight is 597 g/mol. The van der Waals surface area contributed by atoms with Crippen molar-refractivity contribution < 1.29 is 22.7 Å². The van der Waals surface area contributed by atoms with Crippen LogP contribution in [0.1, 0.15) is 57.0 Å². The third-order valence-corrected chi connectivity index (χ3v) is 8.32. The van der Waals surface area contributed by atoms with E-state index in [0.29, 0.717) is 29.8 Å². The molecule has 11 heteroatoms. The number of piperazine rings is 1. The molecule has 1 saturated heterocycles. The molecule has 3 heterocycles. The highest BCUT2D eigenvalue weighted by Gasteiger charge is 2.40. The van der Waals surface area contributed by atoms with Crippen molar-refractivity contribution >= 4 is 28.9 Å². The molecular formula is C32H39F3N6O2. The molecule has 2 aromatic carbocycles. The first-order valence-electron chi connectivity index (χ1n) is 14.8. The Bertz CT molecular complexity index is 1480. The number of anilines is 4. The van der Waals surface area contributed by atoms with Crippen molar-refractivity contribution in [3.63, 3.8) is 0 Å². The lowest BCUT2D eigenvalue weighted by Gasteiger charge is -2.38. The predicted molar refractivity (Wildman–Crippen MR) is 162 cm³/mol. The Balaban J connectivity index is 1.39. The zero-order valence-corrected chi connectivity index (χ0v) is 25.3. The number of aryl methyl sites for hydroxylation is 2. The Hall–Kier alpha value is -3.86. The number of alkyl halides is 3. The molecule has 43 heavy (non-hydrogen) atoms. The van der Waals surface area contributed by atoms with E-state index in [2.05, 4.69) is 44.2 Å². The SMILES string of the molecule is CCOc1cc(N2CCN(C(C)C)CC2)ccc1Nc1ncc(C(F)(F)F)c(CCc2cccc3c2C(C)(C)C(=O)N3)n1. The maximum atomic E-state index is 14.0. The van der Waals surface area contributed by atoms with E-state index in [1.807, 2.05) is 51.1 Å². The largest absolute Gasteiger partial charge is 0.492 e. The number of halogens is 3. The molecule has 0 spiro atoms. The van der Waals surface area contributed by atoms with E-state index in [-0.39, 0.29) is 30.4 Å². The first-order valence-corrected chi connectivity index (χ1v) is 14.8. The Morgan fingerprint density at radius 1 is 1.09 bits per heavy atom. The summed E-state index contributed by atoms with van der Waals surface area (Å²) in [6.45, 7) is 14.1. The Kier molecular flexibility index (Phi) is 8.56. The molecule has 2 aliphatic heterocycles. The summed E-state index contributed by atoms with van der Waals surface area (Å²) in [6.07, 6.45) is -3.48. The van der Waals surface area contributed by atoms with Gasteiger partial charge in [0.05, 0.1) is 29.0 Å². The number of nitrogens with one attached hydrogen (secondary N) is 2. The summed E-state index contributed by atoms with van der Waals surface area (Å²) in [6, 6.07) is 11.8. The molecule has 0 atom stereocenters. The topological polar surface area (TPSA) is 82.6 Å². The van der Waals surface area contributed by atoms with E-state index in [0.717, 1.165) is 49.2 Å². The lowest BCUT2D eigenvalue weighted by Crippen LogP contribution is -2.48. The van der Waals surface area contributed by atoms with Crippen LogP contribution < -0.4 is 20.3 Å². The summed E-state index contributed by atoms with van der Waals surface area (Å²) < 4.78 is 47.9. The van der Waals surface area contributed by atoms with E-state index >= 15 is 0 Å². The van der Waals surface area contributed by atoms with Gasteiger partial charge in [-0.3, -0.25) is 9.69 Å². The van der Waals surface area contributed by atoms with E-state index in [1.165, 1.54) is 0 Å². The fourth-order valence-corrected chi connectivity index (χ4v) is 5.90. The Morgan fingerprint density at radius 3 is 2.51 bits per heavy atom. The van der Waals surface area contributed by atoms with Gasteiger partial charge in [0.2, 0.25) is 11.9 Å². The smallest absolute Gasteiger partial charge is 0.419 e. The van der Waals surface area contributed by atoms with Crippen molar-refractivity contribution in [3.8, 4) is 5.75 Å². The number of carbonyl (C=O) groups excluding carboxylic acids is 1. The molecule has 0 unspecified atom stereocenters. The van der Waals surface area contributed by atoms with Crippen LogP contribution in [0.25, 0.3) is 0 Å². The number of nitrogens with zero attached hydrogens (tertiary/aromatic N) is 4. The fraction of sp³-hybridized carbons (Fsp3) is 0.469. The number of fused-ring (bicyclic) bond motifs is 1.